The summed E-state index contributed by atoms with van der Waals surface area (Å²) in [6.07, 6.45) is 0. The Morgan fingerprint density at radius 1 is 1.43 bits per heavy atom. The molecule has 0 heterocycles. The maximum atomic E-state index is 9.61. The Morgan fingerprint density at radius 2 is 2.07 bits per heavy atom. The van der Waals surface area contributed by atoms with Gasteiger partial charge >= 0.3 is 0 Å². The smallest absolute Gasteiger partial charge is 0.160 e. The van der Waals surface area contributed by atoms with Crippen LogP contribution >= 0.6 is 0 Å². The molecule has 0 aromatic heterocycles. The second-order valence-electron chi connectivity index (χ2n) is 3.39. The van der Waals surface area contributed by atoms with Crippen LogP contribution in [0.5, 0.6) is 11.5 Å². The highest BCUT2D eigenvalue weighted by Gasteiger charge is 2.10. The van der Waals surface area contributed by atoms with Crippen LogP contribution in [0, 0.1) is 6.92 Å². The van der Waals surface area contributed by atoms with Gasteiger partial charge in [-0.05, 0) is 44.2 Å². The third-order valence-corrected chi connectivity index (χ3v) is 2.47. The van der Waals surface area contributed by atoms with E-state index < -0.39 is 0 Å². The number of methoxy groups -OCH3 is 1. The highest BCUT2D eigenvalue weighted by atomic mass is 16.5. The minimum atomic E-state index is 0.190. The number of aryl methyl sites for hydroxylation is 1. The van der Waals surface area contributed by atoms with Gasteiger partial charge in [-0.15, -0.1) is 0 Å². The summed E-state index contributed by atoms with van der Waals surface area (Å²) in [6.45, 7) is 4.05. The molecule has 0 aliphatic carbocycles. The first kappa shape index (κ1) is 10.9. The average Bonchev–Trinajstić information content (AvgIpc) is 2.19. The molecule has 0 amide bonds. The molecular weight excluding hydrogens is 178 g/mol. The van der Waals surface area contributed by atoms with Gasteiger partial charge in [0, 0.05) is 6.04 Å². The Kier molecular flexibility index (Phi) is 3.36. The first-order chi connectivity index (χ1) is 6.60. The van der Waals surface area contributed by atoms with Crippen molar-refractivity contribution < 1.29 is 9.84 Å². The van der Waals surface area contributed by atoms with Crippen molar-refractivity contribution in [3.8, 4) is 11.5 Å². The van der Waals surface area contributed by atoms with Crippen LogP contribution in [0.3, 0.4) is 0 Å². The van der Waals surface area contributed by atoms with Crippen molar-refractivity contribution >= 4 is 0 Å². The summed E-state index contributed by atoms with van der Waals surface area (Å²) in [6, 6.07) is 3.82. The normalized spacial score (nSPS) is 12.6. The average molecular weight is 195 g/mol. The second-order valence-corrected chi connectivity index (χ2v) is 3.39. The van der Waals surface area contributed by atoms with Crippen LogP contribution in [0.25, 0.3) is 0 Å². The fourth-order valence-electron chi connectivity index (χ4n) is 1.47. The van der Waals surface area contributed by atoms with Crippen molar-refractivity contribution in [3.63, 3.8) is 0 Å². The van der Waals surface area contributed by atoms with Crippen LogP contribution in [-0.4, -0.2) is 19.3 Å². The van der Waals surface area contributed by atoms with Crippen molar-refractivity contribution in [2.75, 3.05) is 14.2 Å². The molecule has 0 fully saturated rings. The lowest BCUT2D eigenvalue weighted by atomic mass is 10.0. The lowest BCUT2D eigenvalue weighted by Crippen LogP contribution is -2.13. The van der Waals surface area contributed by atoms with Gasteiger partial charge in [-0.3, -0.25) is 0 Å². The molecule has 0 aliphatic rings. The lowest BCUT2D eigenvalue weighted by Gasteiger charge is -2.15. The third-order valence-electron chi connectivity index (χ3n) is 2.47. The summed E-state index contributed by atoms with van der Waals surface area (Å²) in [4.78, 5) is 0. The van der Waals surface area contributed by atoms with Gasteiger partial charge in [0.15, 0.2) is 11.5 Å². The van der Waals surface area contributed by atoms with Crippen LogP contribution in [-0.2, 0) is 0 Å². The molecule has 0 radical (unpaired) electrons. The summed E-state index contributed by atoms with van der Waals surface area (Å²) in [5, 5.41) is 12.7. The topological polar surface area (TPSA) is 41.5 Å². The van der Waals surface area contributed by atoms with E-state index in [4.69, 9.17) is 4.74 Å². The predicted molar refractivity (Wildman–Crippen MR) is 56.9 cm³/mol. The largest absolute Gasteiger partial charge is 0.504 e. The number of nitrogens with one attached hydrogen (secondary N) is 1. The minimum absolute atomic E-state index is 0.190. The summed E-state index contributed by atoms with van der Waals surface area (Å²) in [5.74, 6) is 0.713. The van der Waals surface area contributed by atoms with Gasteiger partial charge in [0.2, 0.25) is 0 Å². The van der Waals surface area contributed by atoms with Crippen molar-refractivity contribution in [2.45, 2.75) is 19.9 Å². The molecule has 0 saturated carbocycles. The van der Waals surface area contributed by atoms with E-state index in [-0.39, 0.29) is 11.8 Å². The van der Waals surface area contributed by atoms with E-state index in [0.717, 1.165) is 11.1 Å². The van der Waals surface area contributed by atoms with Gasteiger partial charge in [-0.2, -0.15) is 0 Å². The maximum absolute atomic E-state index is 9.61. The summed E-state index contributed by atoms with van der Waals surface area (Å²) in [5.41, 5.74) is 2.20. The molecule has 14 heavy (non-hydrogen) atoms. The number of hydrogen-bond acceptors (Lipinski definition) is 3. The zero-order valence-electron chi connectivity index (χ0n) is 9.09. The zero-order chi connectivity index (χ0) is 10.7. The third kappa shape index (κ3) is 1.99. The Bertz CT molecular complexity index is 323. The Labute approximate surface area is 84.7 Å². The molecular formula is C11H17NO2. The molecule has 1 rings (SSSR count). The monoisotopic (exact) mass is 195 g/mol. The Morgan fingerprint density at radius 3 is 2.57 bits per heavy atom. The quantitative estimate of drug-likeness (QED) is 0.775. The SMILES string of the molecule is CNC(C)c1cc(O)c(OC)cc1C. The number of ether oxygens (including phenoxy) is 1. The van der Waals surface area contributed by atoms with Gasteiger partial charge in [0.25, 0.3) is 0 Å². The van der Waals surface area contributed by atoms with E-state index in [1.807, 2.05) is 27.0 Å². The number of phenols is 1. The molecule has 1 unspecified atom stereocenters. The van der Waals surface area contributed by atoms with Crippen molar-refractivity contribution in [2.24, 2.45) is 0 Å². The molecule has 0 saturated heterocycles. The Balaban J connectivity index is 3.14. The van der Waals surface area contributed by atoms with Crippen LogP contribution in [0.4, 0.5) is 0 Å². The molecule has 0 spiro atoms. The summed E-state index contributed by atoms with van der Waals surface area (Å²) < 4.78 is 5.02. The first-order valence-electron chi connectivity index (χ1n) is 4.65. The van der Waals surface area contributed by atoms with Gasteiger partial charge in [-0.1, -0.05) is 0 Å². The molecule has 3 nitrogen and oxygen atoms in total. The van der Waals surface area contributed by atoms with Crippen molar-refractivity contribution in [1.82, 2.24) is 5.32 Å². The summed E-state index contributed by atoms with van der Waals surface area (Å²) >= 11 is 0. The highest BCUT2D eigenvalue weighted by Crippen LogP contribution is 2.31. The molecule has 0 aliphatic heterocycles. The number of rotatable bonds is 3. The van der Waals surface area contributed by atoms with Gasteiger partial charge < -0.3 is 15.2 Å². The van der Waals surface area contributed by atoms with E-state index in [1.165, 1.54) is 0 Å². The van der Waals surface area contributed by atoms with Crippen LogP contribution < -0.4 is 10.1 Å². The van der Waals surface area contributed by atoms with E-state index in [9.17, 15) is 5.11 Å². The zero-order valence-corrected chi connectivity index (χ0v) is 9.09. The van der Waals surface area contributed by atoms with Crippen LogP contribution in [0.15, 0.2) is 12.1 Å². The van der Waals surface area contributed by atoms with E-state index >= 15 is 0 Å². The first-order valence-corrected chi connectivity index (χ1v) is 4.65. The predicted octanol–water partition coefficient (Wildman–Crippen LogP) is 1.99. The summed E-state index contributed by atoms with van der Waals surface area (Å²) in [7, 11) is 3.45. The van der Waals surface area contributed by atoms with Crippen molar-refractivity contribution in [1.29, 1.82) is 0 Å². The minimum Gasteiger partial charge on any atom is -0.504 e. The van der Waals surface area contributed by atoms with E-state index in [0.29, 0.717) is 5.75 Å². The molecule has 3 heteroatoms. The molecule has 78 valence electrons. The molecule has 1 atom stereocenters. The van der Waals surface area contributed by atoms with E-state index in [1.54, 1.807) is 13.2 Å². The van der Waals surface area contributed by atoms with Crippen molar-refractivity contribution in [3.05, 3.63) is 23.3 Å². The molecule has 1 aromatic rings. The second kappa shape index (κ2) is 4.33. The fourth-order valence-corrected chi connectivity index (χ4v) is 1.47. The molecule has 1 aromatic carbocycles. The lowest BCUT2D eigenvalue weighted by molar-refractivity contribution is 0.372. The maximum Gasteiger partial charge on any atom is 0.160 e. The van der Waals surface area contributed by atoms with E-state index in [2.05, 4.69) is 5.32 Å². The molecule has 2 N–H and O–H groups in total. The van der Waals surface area contributed by atoms with Crippen LogP contribution in [0.2, 0.25) is 0 Å². The molecule has 0 bridgehead atoms. The Hall–Kier alpha value is -1.22. The standard InChI is InChI=1S/C11H17NO2/c1-7-5-11(14-4)10(13)6-9(7)8(2)12-3/h5-6,8,12-13H,1-4H3. The van der Waals surface area contributed by atoms with Crippen LogP contribution in [0.1, 0.15) is 24.1 Å². The van der Waals surface area contributed by atoms with Gasteiger partial charge in [0.05, 0.1) is 7.11 Å². The number of hydrogen-bond donors (Lipinski definition) is 2. The number of phenolic OH excluding ortho intramolecular Hbond substituents is 1. The van der Waals surface area contributed by atoms with Gasteiger partial charge in [0.1, 0.15) is 0 Å². The highest BCUT2D eigenvalue weighted by molar-refractivity contribution is 5.46. The number of aromatic hydroxyl groups is 1. The van der Waals surface area contributed by atoms with Gasteiger partial charge in [-0.25, -0.2) is 0 Å². The number of benzene rings is 1. The fraction of sp³-hybridized carbons (Fsp3) is 0.455.